The minimum Gasteiger partial charge on any atom is -0.325 e. The maximum atomic E-state index is 13.5. The highest BCUT2D eigenvalue weighted by molar-refractivity contribution is 6.02. The summed E-state index contributed by atoms with van der Waals surface area (Å²) in [5.41, 5.74) is 0.243. The molecule has 3 aromatic rings. The first kappa shape index (κ1) is 22.1. The van der Waals surface area contributed by atoms with Crippen LogP contribution in [0.5, 0.6) is 0 Å². The zero-order valence-corrected chi connectivity index (χ0v) is 17.6. The minimum absolute atomic E-state index is 0.0395. The third kappa shape index (κ3) is 4.70. The van der Waals surface area contributed by atoms with E-state index in [1.165, 1.54) is 6.07 Å². The van der Waals surface area contributed by atoms with Crippen molar-refractivity contribution >= 4 is 22.4 Å². The van der Waals surface area contributed by atoms with Crippen molar-refractivity contribution in [2.75, 3.05) is 18.9 Å². The number of nitrogens with zero attached hydrogens (tertiary/aromatic N) is 1. The number of alkyl halides is 3. The van der Waals surface area contributed by atoms with Gasteiger partial charge >= 0.3 is 6.18 Å². The number of fused-ring (bicyclic) bond motifs is 1. The Kier molecular flexibility index (Phi) is 6.06. The number of rotatable bonds is 7. The fourth-order valence-corrected chi connectivity index (χ4v) is 3.92. The number of anilines is 1. The van der Waals surface area contributed by atoms with Gasteiger partial charge in [0.1, 0.15) is 0 Å². The second kappa shape index (κ2) is 8.78. The molecule has 1 saturated carbocycles. The molecular weight excluding hydrogens is 419 g/mol. The lowest BCUT2D eigenvalue weighted by molar-refractivity contribution is -0.138. The Balaban J connectivity index is 1.56. The Bertz CT molecular complexity index is 1210. The molecule has 8 heteroatoms. The molecule has 0 unspecified atom stereocenters. The van der Waals surface area contributed by atoms with Gasteiger partial charge in [-0.2, -0.15) is 13.2 Å². The molecule has 0 atom stereocenters. The minimum atomic E-state index is -4.45. The molecule has 0 radical (unpaired) electrons. The van der Waals surface area contributed by atoms with Gasteiger partial charge in [-0.1, -0.05) is 18.2 Å². The van der Waals surface area contributed by atoms with Gasteiger partial charge in [-0.25, -0.2) is 0 Å². The van der Waals surface area contributed by atoms with Crippen LogP contribution in [-0.4, -0.2) is 24.1 Å². The zero-order chi connectivity index (χ0) is 22.9. The zero-order valence-electron chi connectivity index (χ0n) is 17.6. The second-order valence-corrected chi connectivity index (χ2v) is 8.10. The first-order valence-corrected chi connectivity index (χ1v) is 10.5. The predicted octanol–water partition coefficient (Wildman–Crippen LogP) is 4.30. The number of nitrogens with one attached hydrogen (secondary N) is 2. The summed E-state index contributed by atoms with van der Waals surface area (Å²) in [7, 11) is 1.80. The average Bonchev–Trinajstić information content (AvgIpc) is 3.58. The van der Waals surface area contributed by atoms with E-state index < -0.39 is 17.6 Å². The van der Waals surface area contributed by atoms with Crippen molar-refractivity contribution in [3.05, 3.63) is 75.7 Å². The number of benzene rings is 2. The molecule has 1 heterocycles. The van der Waals surface area contributed by atoms with Gasteiger partial charge in [-0.05, 0) is 61.2 Å². The fraction of sp³-hybridized carbons (Fsp3) is 0.333. The van der Waals surface area contributed by atoms with Gasteiger partial charge in [0.25, 0.3) is 5.56 Å². The van der Waals surface area contributed by atoms with Gasteiger partial charge in [0.05, 0.1) is 12.0 Å². The van der Waals surface area contributed by atoms with Crippen molar-refractivity contribution < 1.29 is 18.0 Å². The van der Waals surface area contributed by atoms with Crippen LogP contribution in [0.1, 0.15) is 35.4 Å². The highest BCUT2D eigenvalue weighted by Crippen LogP contribution is 2.46. The molecule has 32 heavy (non-hydrogen) atoms. The maximum Gasteiger partial charge on any atom is 0.416 e. The summed E-state index contributed by atoms with van der Waals surface area (Å²) in [6, 6.07) is 11.0. The lowest BCUT2D eigenvalue weighted by atomic mass is 9.98. The van der Waals surface area contributed by atoms with Gasteiger partial charge in [-0.15, -0.1) is 0 Å². The van der Waals surface area contributed by atoms with Crippen LogP contribution in [0.3, 0.4) is 0 Å². The summed E-state index contributed by atoms with van der Waals surface area (Å²) in [5, 5.41) is 6.80. The van der Waals surface area contributed by atoms with Crippen LogP contribution in [0, 0.1) is 0 Å². The molecular formula is C24H24F3N3O2. The molecule has 0 saturated heterocycles. The smallest absolute Gasteiger partial charge is 0.325 e. The van der Waals surface area contributed by atoms with E-state index in [0.717, 1.165) is 18.9 Å². The molecule has 2 N–H and O–H groups in total. The summed E-state index contributed by atoms with van der Waals surface area (Å²) in [6.45, 7) is 1.15. The molecule has 2 aromatic carbocycles. The topological polar surface area (TPSA) is 63.1 Å². The van der Waals surface area contributed by atoms with E-state index in [9.17, 15) is 22.8 Å². The van der Waals surface area contributed by atoms with E-state index in [4.69, 9.17) is 0 Å². The monoisotopic (exact) mass is 443 g/mol. The number of likely N-dealkylation sites (N-methyl/N-ethyl adjacent to an activating group) is 1. The normalized spacial score (nSPS) is 14.0. The summed E-state index contributed by atoms with van der Waals surface area (Å²) < 4.78 is 42.0. The first-order chi connectivity index (χ1) is 15.3. The predicted molar refractivity (Wildman–Crippen MR) is 118 cm³/mol. The van der Waals surface area contributed by atoms with Crippen molar-refractivity contribution in [2.24, 2.45) is 0 Å². The van der Waals surface area contributed by atoms with E-state index in [1.807, 2.05) is 0 Å². The summed E-state index contributed by atoms with van der Waals surface area (Å²) in [6.07, 6.45) is -1.44. The molecule has 168 valence electrons. The first-order valence-electron chi connectivity index (χ1n) is 10.5. The van der Waals surface area contributed by atoms with Gasteiger partial charge in [0, 0.05) is 35.7 Å². The SMILES string of the molecule is CNCCn1ccc2c(NC(=O)Cc3ccc(C4CC4)c(C(F)(F)F)c3)cccc2c1=O. The number of aromatic nitrogens is 1. The lowest BCUT2D eigenvalue weighted by Crippen LogP contribution is -2.25. The average molecular weight is 443 g/mol. The third-order valence-electron chi connectivity index (χ3n) is 5.70. The van der Waals surface area contributed by atoms with Crippen LogP contribution >= 0.6 is 0 Å². The molecule has 0 bridgehead atoms. The van der Waals surface area contributed by atoms with E-state index in [-0.39, 0.29) is 17.9 Å². The number of pyridine rings is 1. The number of amides is 1. The Hall–Kier alpha value is -3.13. The molecule has 1 aliphatic rings. The summed E-state index contributed by atoms with van der Waals surface area (Å²) >= 11 is 0. The highest BCUT2D eigenvalue weighted by Gasteiger charge is 2.38. The molecule has 1 aliphatic carbocycles. The molecule has 4 rings (SSSR count). The van der Waals surface area contributed by atoms with Gasteiger partial charge in [0.15, 0.2) is 0 Å². The number of halogens is 3. The molecule has 0 spiro atoms. The molecule has 0 aliphatic heterocycles. The summed E-state index contributed by atoms with van der Waals surface area (Å²) in [5.74, 6) is -0.480. The number of hydrogen-bond acceptors (Lipinski definition) is 3. The van der Waals surface area contributed by atoms with Crippen molar-refractivity contribution in [3.8, 4) is 0 Å². The Morgan fingerprint density at radius 2 is 1.91 bits per heavy atom. The van der Waals surface area contributed by atoms with Crippen LogP contribution in [0.2, 0.25) is 0 Å². The second-order valence-electron chi connectivity index (χ2n) is 8.10. The van der Waals surface area contributed by atoms with Crippen LogP contribution in [-0.2, 0) is 23.9 Å². The standard InChI is InChI=1S/C24H24F3N3O2/c1-28-10-12-30-11-9-18-19(23(30)32)3-2-4-21(18)29-22(31)14-15-5-8-17(16-6-7-16)20(13-15)24(25,26)27/h2-5,8-9,11,13,16,28H,6-7,10,12,14H2,1H3,(H,29,31). The lowest BCUT2D eigenvalue weighted by Gasteiger charge is -2.15. The number of carbonyl (C=O) groups is 1. The van der Waals surface area contributed by atoms with Crippen molar-refractivity contribution in [2.45, 2.75) is 37.9 Å². The van der Waals surface area contributed by atoms with Crippen molar-refractivity contribution in [3.63, 3.8) is 0 Å². The van der Waals surface area contributed by atoms with E-state index in [1.54, 1.807) is 48.1 Å². The Labute approximate surface area is 183 Å². The Morgan fingerprint density at radius 1 is 1.12 bits per heavy atom. The van der Waals surface area contributed by atoms with Gasteiger partial charge in [0.2, 0.25) is 5.91 Å². The Morgan fingerprint density at radius 3 is 2.59 bits per heavy atom. The summed E-state index contributed by atoms with van der Waals surface area (Å²) in [4.78, 5) is 25.3. The van der Waals surface area contributed by atoms with E-state index in [2.05, 4.69) is 10.6 Å². The van der Waals surface area contributed by atoms with E-state index in [0.29, 0.717) is 40.7 Å². The van der Waals surface area contributed by atoms with Crippen LogP contribution in [0.15, 0.2) is 53.5 Å². The van der Waals surface area contributed by atoms with Gasteiger partial charge in [-0.3, -0.25) is 9.59 Å². The largest absolute Gasteiger partial charge is 0.416 e. The van der Waals surface area contributed by atoms with Crippen LogP contribution in [0.4, 0.5) is 18.9 Å². The molecule has 1 amide bonds. The van der Waals surface area contributed by atoms with Crippen molar-refractivity contribution in [1.29, 1.82) is 0 Å². The molecule has 1 fully saturated rings. The maximum absolute atomic E-state index is 13.5. The van der Waals surface area contributed by atoms with Gasteiger partial charge < -0.3 is 15.2 Å². The van der Waals surface area contributed by atoms with Crippen LogP contribution < -0.4 is 16.2 Å². The highest BCUT2D eigenvalue weighted by atomic mass is 19.4. The number of hydrogen-bond donors (Lipinski definition) is 2. The fourth-order valence-electron chi connectivity index (χ4n) is 3.92. The number of carbonyl (C=O) groups excluding carboxylic acids is 1. The molecule has 1 aromatic heterocycles. The third-order valence-corrected chi connectivity index (χ3v) is 5.70. The van der Waals surface area contributed by atoms with Crippen LogP contribution in [0.25, 0.3) is 10.8 Å². The molecule has 5 nitrogen and oxygen atoms in total. The quantitative estimate of drug-likeness (QED) is 0.573. The van der Waals surface area contributed by atoms with Crippen molar-refractivity contribution in [1.82, 2.24) is 9.88 Å². The van der Waals surface area contributed by atoms with E-state index >= 15 is 0 Å².